The van der Waals surface area contributed by atoms with E-state index in [-0.39, 0.29) is 18.6 Å². The summed E-state index contributed by atoms with van der Waals surface area (Å²) in [5.41, 5.74) is 3.59. The van der Waals surface area contributed by atoms with Crippen molar-refractivity contribution < 1.29 is 14.3 Å². The van der Waals surface area contributed by atoms with Crippen LogP contribution in [0.15, 0.2) is 48.5 Å². The summed E-state index contributed by atoms with van der Waals surface area (Å²) >= 11 is 0. The highest BCUT2D eigenvalue weighted by atomic mass is 16.5. The molecule has 2 aromatic rings. The van der Waals surface area contributed by atoms with Gasteiger partial charge in [-0.15, -0.1) is 0 Å². The van der Waals surface area contributed by atoms with Crippen LogP contribution in [-0.2, 0) is 9.53 Å². The first-order chi connectivity index (χ1) is 11.0. The number of esters is 1. The van der Waals surface area contributed by atoms with Crippen LogP contribution in [0, 0.1) is 13.8 Å². The molecule has 4 heteroatoms. The molecule has 1 atom stereocenters. The van der Waals surface area contributed by atoms with Crippen LogP contribution in [0.4, 0.5) is 0 Å². The van der Waals surface area contributed by atoms with E-state index in [4.69, 9.17) is 4.74 Å². The highest BCUT2D eigenvalue weighted by Gasteiger charge is 2.13. The molecule has 0 saturated heterocycles. The minimum absolute atomic E-state index is 0.138. The molecule has 1 amide bonds. The number of aryl methyl sites for hydroxylation is 2. The van der Waals surface area contributed by atoms with Gasteiger partial charge in [-0.3, -0.25) is 4.79 Å². The average Bonchev–Trinajstić information content (AvgIpc) is 2.53. The van der Waals surface area contributed by atoms with Crippen molar-refractivity contribution in [2.45, 2.75) is 26.8 Å². The highest BCUT2D eigenvalue weighted by Crippen LogP contribution is 2.13. The van der Waals surface area contributed by atoms with Gasteiger partial charge in [-0.1, -0.05) is 47.5 Å². The Morgan fingerprint density at radius 2 is 1.74 bits per heavy atom. The number of rotatable bonds is 5. The third kappa shape index (κ3) is 4.95. The molecule has 0 fully saturated rings. The zero-order valence-electron chi connectivity index (χ0n) is 13.6. The topological polar surface area (TPSA) is 55.4 Å². The van der Waals surface area contributed by atoms with E-state index in [1.165, 1.54) is 5.56 Å². The Hall–Kier alpha value is -2.62. The molecule has 0 aliphatic carbocycles. The lowest BCUT2D eigenvalue weighted by Crippen LogP contribution is -2.31. The Balaban J connectivity index is 1.85. The van der Waals surface area contributed by atoms with Gasteiger partial charge in [0.2, 0.25) is 0 Å². The largest absolute Gasteiger partial charge is 0.452 e. The number of carbonyl (C=O) groups excluding carboxylic acids is 2. The first-order valence-corrected chi connectivity index (χ1v) is 7.55. The van der Waals surface area contributed by atoms with Gasteiger partial charge in [0.15, 0.2) is 6.61 Å². The average molecular weight is 311 g/mol. The van der Waals surface area contributed by atoms with Crippen LogP contribution in [0.5, 0.6) is 0 Å². The summed E-state index contributed by atoms with van der Waals surface area (Å²) in [6.07, 6.45) is 0. The maximum absolute atomic E-state index is 11.9. The van der Waals surface area contributed by atoms with Gasteiger partial charge in [-0.2, -0.15) is 0 Å². The van der Waals surface area contributed by atoms with E-state index in [9.17, 15) is 9.59 Å². The second kappa shape index (κ2) is 7.58. The van der Waals surface area contributed by atoms with Crippen LogP contribution < -0.4 is 5.32 Å². The quantitative estimate of drug-likeness (QED) is 0.862. The van der Waals surface area contributed by atoms with E-state index in [1.807, 2.05) is 51.1 Å². The van der Waals surface area contributed by atoms with Crippen molar-refractivity contribution in [3.63, 3.8) is 0 Å². The first-order valence-electron chi connectivity index (χ1n) is 7.55. The number of ether oxygens (including phenoxy) is 1. The van der Waals surface area contributed by atoms with Gasteiger partial charge in [0.1, 0.15) is 0 Å². The summed E-state index contributed by atoms with van der Waals surface area (Å²) in [6.45, 7) is 5.51. The predicted molar refractivity (Wildman–Crippen MR) is 89.2 cm³/mol. The Labute approximate surface area is 136 Å². The zero-order valence-corrected chi connectivity index (χ0v) is 13.6. The monoisotopic (exact) mass is 311 g/mol. The number of hydrogen-bond acceptors (Lipinski definition) is 3. The molecule has 1 N–H and O–H groups in total. The van der Waals surface area contributed by atoms with Crippen molar-refractivity contribution in [3.8, 4) is 0 Å². The predicted octanol–water partition coefficient (Wildman–Crippen LogP) is 3.34. The fourth-order valence-corrected chi connectivity index (χ4v) is 2.21. The molecule has 0 bridgehead atoms. The Kier molecular flexibility index (Phi) is 5.52. The van der Waals surface area contributed by atoms with Crippen LogP contribution in [0.3, 0.4) is 0 Å². The summed E-state index contributed by atoms with van der Waals surface area (Å²) in [7, 11) is 0. The van der Waals surface area contributed by atoms with Gasteiger partial charge < -0.3 is 10.1 Å². The Morgan fingerprint density at radius 3 is 2.39 bits per heavy atom. The van der Waals surface area contributed by atoms with E-state index in [1.54, 1.807) is 18.2 Å². The van der Waals surface area contributed by atoms with Crippen LogP contribution in [0.2, 0.25) is 0 Å². The van der Waals surface area contributed by atoms with Gasteiger partial charge in [0.25, 0.3) is 5.91 Å². The fraction of sp³-hybridized carbons (Fsp3) is 0.263. The molecule has 4 nitrogen and oxygen atoms in total. The van der Waals surface area contributed by atoms with E-state index in [0.717, 1.165) is 11.1 Å². The molecule has 0 saturated carbocycles. The first kappa shape index (κ1) is 16.7. The van der Waals surface area contributed by atoms with Gasteiger partial charge in [-0.25, -0.2) is 4.79 Å². The summed E-state index contributed by atoms with van der Waals surface area (Å²) in [5.74, 6) is -0.814. The summed E-state index contributed by atoms with van der Waals surface area (Å²) in [6, 6.07) is 14.9. The Morgan fingerprint density at radius 1 is 1.04 bits per heavy atom. The molecule has 0 heterocycles. The highest BCUT2D eigenvalue weighted by molar-refractivity contribution is 5.91. The number of benzene rings is 2. The lowest BCUT2D eigenvalue weighted by atomic mass is 10.1. The SMILES string of the molecule is Cc1ccc(C(C)NC(=O)COC(=O)c2cccc(C)c2)cc1. The van der Waals surface area contributed by atoms with Gasteiger partial charge >= 0.3 is 5.97 Å². The van der Waals surface area contributed by atoms with Gasteiger partial charge in [0, 0.05) is 0 Å². The number of carbonyl (C=O) groups is 2. The molecule has 2 rings (SSSR count). The van der Waals surface area contributed by atoms with E-state index in [0.29, 0.717) is 5.56 Å². The molecule has 0 radical (unpaired) electrons. The van der Waals surface area contributed by atoms with E-state index in [2.05, 4.69) is 5.32 Å². The molecule has 23 heavy (non-hydrogen) atoms. The maximum atomic E-state index is 11.9. The zero-order chi connectivity index (χ0) is 16.8. The van der Waals surface area contributed by atoms with Crippen molar-refractivity contribution in [2.24, 2.45) is 0 Å². The summed E-state index contributed by atoms with van der Waals surface area (Å²) < 4.78 is 5.05. The Bertz CT molecular complexity index is 692. The van der Waals surface area contributed by atoms with Crippen molar-refractivity contribution >= 4 is 11.9 Å². The van der Waals surface area contributed by atoms with E-state index < -0.39 is 5.97 Å². The second-order valence-corrected chi connectivity index (χ2v) is 5.65. The van der Waals surface area contributed by atoms with Crippen LogP contribution in [-0.4, -0.2) is 18.5 Å². The number of hydrogen-bond donors (Lipinski definition) is 1. The van der Waals surface area contributed by atoms with Crippen LogP contribution in [0.1, 0.15) is 40.0 Å². The maximum Gasteiger partial charge on any atom is 0.338 e. The fourth-order valence-electron chi connectivity index (χ4n) is 2.21. The summed E-state index contributed by atoms with van der Waals surface area (Å²) in [4.78, 5) is 23.8. The molecular weight excluding hydrogens is 290 g/mol. The number of nitrogens with one attached hydrogen (secondary N) is 1. The lowest BCUT2D eigenvalue weighted by Gasteiger charge is -2.14. The third-order valence-electron chi connectivity index (χ3n) is 3.54. The van der Waals surface area contributed by atoms with E-state index >= 15 is 0 Å². The molecule has 2 aromatic carbocycles. The van der Waals surface area contributed by atoms with Crippen LogP contribution >= 0.6 is 0 Å². The van der Waals surface area contributed by atoms with Crippen molar-refractivity contribution in [1.29, 1.82) is 0 Å². The van der Waals surface area contributed by atoms with Crippen molar-refractivity contribution in [3.05, 3.63) is 70.8 Å². The van der Waals surface area contributed by atoms with Crippen molar-refractivity contribution in [1.82, 2.24) is 5.32 Å². The molecule has 0 aliphatic rings. The molecule has 0 aromatic heterocycles. The van der Waals surface area contributed by atoms with Crippen molar-refractivity contribution in [2.75, 3.05) is 6.61 Å². The molecule has 1 unspecified atom stereocenters. The lowest BCUT2D eigenvalue weighted by molar-refractivity contribution is -0.124. The minimum atomic E-state index is -0.494. The standard InChI is InChI=1S/C19H21NO3/c1-13-7-9-16(10-8-13)15(3)20-18(21)12-23-19(22)17-6-4-5-14(2)11-17/h4-11,15H,12H2,1-3H3,(H,20,21). The molecule has 0 spiro atoms. The normalized spacial score (nSPS) is 11.6. The van der Waals surface area contributed by atoms with Gasteiger partial charge in [-0.05, 0) is 38.5 Å². The smallest absolute Gasteiger partial charge is 0.338 e. The minimum Gasteiger partial charge on any atom is -0.452 e. The molecular formula is C19H21NO3. The third-order valence-corrected chi connectivity index (χ3v) is 3.54. The second-order valence-electron chi connectivity index (χ2n) is 5.65. The molecule has 0 aliphatic heterocycles. The molecule has 120 valence electrons. The van der Waals surface area contributed by atoms with Crippen LogP contribution in [0.25, 0.3) is 0 Å². The van der Waals surface area contributed by atoms with Gasteiger partial charge in [0.05, 0.1) is 11.6 Å². The summed E-state index contributed by atoms with van der Waals surface area (Å²) in [5, 5.41) is 2.82. The number of amides is 1.